The molecule has 0 spiro atoms. The molecule has 114 valence electrons. The van der Waals surface area contributed by atoms with Crippen molar-refractivity contribution in [1.29, 1.82) is 0 Å². The molecule has 19 heavy (non-hydrogen) atoms. The van der Waals surface area contributed by atoms with Gasteiger partial charge in [-0.2, -0.15) is 21.6 Å². The highest BCUT2D eigenvalue weighted by Crippen LogP contribution is 2.24. The van der Waals surface area contributed by atoms with Crippen LogP contribution in [0.25, 0.3) is 0 Å². The van der Waals surface area contributed by atoms with Crippen LogP contribution in [0.15, 0.2) is 11.6 Å². The van der Waals surface area contributed by atoms with Gasteiger partial charge in [0.1, 0.15) is 0 Å². The molecule has 0 radical (unpaired) electrons. The molecule has 1 unspecified atom stereocenters. The Balaban J connectivity index is 4.00. The van der Waals surface area contributed by atoms with Crippen LogP contribution in [0.5, 0.6) is 0 Å². The third kappa shape index (κ3) is 7.57. The normalized spacial score (nSPS) is 15.6. The monoisotopic (exact) mass is 302 g/mol. The van der Waals surface area contributed by atoms with Crippen LogP contribution in [-0.4, -0.2) is 20.5 Å². The summed E-state index contributed by atoms with van der Waals surface area (Å²) in [4.78, 5) is 0. The van der Waals surface area contributed by atoms with Crippen LogP contribution in [0.2, 0.25) is 0 Å². The highest BCUT2D eigenvalue weighted by molar-refractivity contribution is 7.87. The maximum absolute atomic E-state index is 11.9. The van der Waals surface area contributed by atoms with Gasteiger partial charge in [0.2, 0.25) is 0 Å². The predicted octanol–water partition coefficient (Wildman–Crippen LogP) is 4.02. The molecule has 0 aliphatic carbocycles. The van der Waals surface area contributed by atoms with Gasteiger partial charge in [0, 0.05) is 0 Å². The van der Waals surface area contributed by atoms with Crippen molar-refractivity contribution in [2.24, 2.45) is 5.92 Å². The van der Waals surface area contributed by atoms with Gasteiger partial charge in [-0.05, 0) is 32.1 Å². The zero-order valence-electron chi connectivity index (χ0n) is 11.5. The molecule has 0 aromatic heterocycles. The summed E-state index contributed by atoms with van der Waals surface area (Å²) in [6.45, 7) is 5.63. The van der Waals surface area contributed by atoms with Crippen LogP contribution in [-0.2, 0) is 14.3 Å². The lowest BCUT2D eigenvalue weighted by Gasteiger charge is -2.08. The molecule has 0 rings (SSSR count). The summed E-state index contributed by atoms with van der Waals surface area (Å²) in [5, 5.41) is 0. The third-order valence-corrected chi connectivity index (χ3v) is 3.85. The highest BCUT2D eigenvalue weighted by Gasteiger charge is 2.47. The van der Waals surface area contributed by atoms with Gasteiger partial charge in [-0.1, -0.05) is 31.9 Å². The Hall–Kier alpha value is -0.560. The average Bonchev–Trinajstić information content (AvgIpc) is 2.30. The van der Waals surface area contributed by atoms with Crippen LogP contribution < -0.4 is 0 Å². The van der Waals surface area contributed by atoms with E-state index in [9.17, 15) is 21.6 Å². The molecule has 0 heterocycles. The molecule has 7 heteroatoms. The van der Waals surface area contributed by atoms with Gasteiger partial charge in [0.25, 0.3) is 0 Å². The summed E-state index contributed by atoms with van der Waals surface area (Å²) in [7, 11) is -5.44. The van der Waals surface area contributed by atoms with Crippen molar-refractivity contribution >= 4 is 10.1 Å². The summed E-state index contributed by atoms with van der Waals surface area (Å²) in [5.74, 6) is 0.566. The minimum absolute atomic E-state index is 0.248. The Morgan fingerprint density at radius 1 is 1.37 bits per heavy atom. The van der Waals surface area contributed by atoms with Gasteiger partial charge in [-0.25, -0.2) is 0 Å². The van der Waals surface area contributed by atoms with Crippen molar-refractivity contribution < 1.29 is 25.8 Å². The first kappa shape index (κ1) is 18.4. The smallest absolute Gasteiger partial charge is 0.263 e. The van der Waals surface area contributed by atoms with Crippen molar-refractivity contribution in [2.45, 2.75) is 52.0 Å². The fourth-order valence-corrected chi connectivity index (χ4v) is 1.73. The second-order valence-electron chi connectivity index (χ2n) is 4.62. The van der Waals surface area contributed by atoms with Gasteiger partial charge in [0.15, 0.2) is 0 Å². The maximum atomic E-state index is 11.9. The summed E-state index contributed by atoms with van der Waals surface area (Å²) in [6, 6.07) is 0. The minimum atomic E-state index is -5.44. The van der Waals surface area contributed by atoms with Crippen molar-refractivity contribution in [3.05, 3.63) is 11.6 Å². The van der Waals surface area contributed by atoms with E-state index in [1.807, 2.05) is 13.0 Å². The van der Waals surface area contributed by atoms with Crippen LogP contribution in [0.3, 0.4) is 0 Å². The molecular formula is C12H21F3O3S. The SMILES string of the molecule is CCC(C)C/C=C(\C)CCCOS(=O)(=O)C(F)(F)F. The Bertz CT molecular complexity index is 386. The van der Waals surface area contributed by atoms with E-state index < -0.39 is 22.2 Å². The van der Waals surface area contributed by atoms with Crippen LogP contribution in [0.4, 0.5) is 13.2 Å². The Kier molecular flexibility index (Phi) is 7.66. The van der Waals surface area contributed by atoms with Crippen LogP contribution in [0, 0.1) is 5.92 Å². The summed E-state index contributed by atoms with van der Waals surface area (Å²) in [6.07, 6.45) is 4.80. The number of rotatable bonds is 8. The first-order chi connectivity index (χ1) is 8.60. The molecule has 0 N–H and O–H groups in total. The molecule has 3 nitrogen and oxygen atoms in total. The zero-order chi connectivity index (χ0) is 15.1. The molecular weight excluding hydrogens is 281 g/mol. The summed E-state index contributed by atoms with van der Waals surface area (Å²) >= 11 is 0. The first-order valence-electron chi connectivity index (χ1n) is 6.21. The van der Waals surface area contributed by atoms with E-state index >= 15 is 0 Å². The Morgan fingerprint density at radius 2 is 1.95 bits per heavy atom. The van der Waals surface area contributed by atoms with Gasteiger partial charge in [-0.15, -0.1) is 0 Å². The molecule has 0 aliphatic heterocycles. The lowest BCUT2D eigenvalue weighted by atomic mass is 10.0. The Labute approximate surface area is 113 Å². The number of alkyl halides is 3. The van der Waals surface area contributed by atoms with Crippen molar-refractivity contribution in [2.75, 3.05) is 6.61 Å². The molecule has 1 atom stereocenters. The number of hydrogen-bond donors (Lipinski definition) is 0. The summed E-state index contributed by atoms with van der Waals surface area (Å²) < 4.78 is 60.9. The fraction of sp³-hybridized carbons (Fsp3) is 0.833. The van der Waals surface area contributed by atoms with Crippen molar-refractivity contribution in [1.82, 2.24) is 0 Å². The molecule has 0 bridgehead atoms. The largest absolute Gasteiger partial charge is 0.523 e. The van der Waals surface area contributed by atoms with Gasteiger partial charge in [-0.3, -0.25) is 4.18 Å². The van der Waals surface area contributed by atoms with Gasteiger partial charge in [0.05, 0.1) is 6.61 Å². The molecule has 0 aromatic carbocycles. The van der Waals surface area contributed by atoms with E-state index in [4.69, 9.17) is 0 Å². The van der Waals surface area contributed by atoms with Crippen LogP contribution in [0.1, 0.15) is 46.5 Å². The standard InChI is InChI=1S/C12H21F3O3S/c1-4-10(2)7-8-11(3)6-5-9-18-19(16,17)12(13,14)15/h8,10H,4-7,9H2,1-3H3/b11-8+. The van der Waals surface area contributed by atoms with Crippen molar-refractivity contribution in [3.63, 3.8) is 0 Å². The maximum Gasteiger partial charge on any atom is 0.523 e. The van der Waals surface area contributed by atoms with E-state index in [0.717, 1.165) is 18.4 Å². The molecule has 0 fully saturated rings. The van der Waals surface area contributed by atoms with E-state index in [-0.39, 0.29) is 6.42 Å². The van der Waals surface area contributed by atoms with Gasteiger partial charge >= 0.3 is 15.6 Å². The van der Waals surface area contributed by atoms with E-state index in [1.165, 1.54) is 0 Å². The zero-order valence-corrected chi connectivity index (χ0v) is 12.3. The quantitative estimate of drug-likeness (QED) is 0.294. The lowest BCUT2D eigenvalue weighted by molar-refractivity contribution is -0.0542. The molecule has 0 amide bonds. The van der Waals surface area contributed by atoms with E-state index in [2.05, 4.69) is 18.0 Å². The second-order valence-corrected chi connectivity index (χ2v) is 6.23. The lowest BCUT2D eigenvalue weighted by Crippen LogP contribution is -2.25. The van der Waals surface area contributed by atoms with Gasteiger partial charge < -0.3 is 0 Å². The van der Waals surface area contributed by atoms with E-state index in [1.54, 1.807) is 0 Å². The molecule has 0 aliphatic rings. The average molecular weight is 302 g/mol. The number of allylic oxidation sites excluding steroid dienone is 2. The fourth-order valence-electron chi connectivity index (χ4n) is 1.26. The molecule has 0 saturated carbocycles. The number of halogens is 3. The topological polar surface area (TPSA) is 43.4 Å². The number of hydrogen-bond acceptors (Lipinski definition) is 3. The summed E-state index contributed by atoms with van der Waals surface area (Å²) in [5.41, 5.74) is -4.30. The first-order valence-corrected chi connectivity index (χ1v) is 7.62. The minimum Gasteiger partial charge on any atom is -0.263 e. The molecule has 0 saturated heterocycles. The predicted molar refractivity (Wildman–Crippen MR) is 68.0 cm³/mol. The van der Waals surface area contributed by atoms with Crippen LogP contribution >= 0.6 is 0 Å². The Morgan fingerprint density at radius 3 is 2.42 bits per heavy atom. The highest BCUT2D eigenvalue weighted by atomic mass is 32.2. The van der Waals surface area contributed by atoms with E-state index in [0.29, 0.717) is 12.3 Å². The second kappa shape index (κ2) is 7.89. The van der Waals surface area contributed by atoms with Crippen molar-refractivity contribution in [3.8, 4) is 0 Å². The third-order valence-electron chi connectivity index (χ3n) is 2.80. The molecule has 0 aromatic rings.